The van der Waals surface area contributed by atoms with Crippen molar-refractivity contribution in [1.82, 2.24) is 9.78 Å². The highest BCUT2D eigenvalue weighted by Gasteiger charge is 2.59. The van der Waals surface area contributed by atoms with Crippen LogP contribution in [0.4, 0.5) is 15.8 Å². The molecule has 1 aromatic heterocycles. The van der Waals surface area contributed by atoms with E-state index in [0.717, 1.165) is 32.1 Å². The molecular formula is C22H23ClFN3O3. The second kappa shape index (κ2) is 6.80. The summed E-state index contributed by atoms with van der Waals surface area (Å²) < 4.78 is 15.5. The zero-order valence-electron chi connectivity index (χ0n) is 16.4. The summed E-state index contributed by atoms with van der Waals surface area (Å²) in [6.07, 6.45) is 6.82. The lowest BCUT2D eigenvalue weighted by Gasteiger charge is -2.61. The van der Waals surface area contributed by atoms with Gasteiger partial charge in [-0.15, -0.1) is 0 Å². The van der Waals surface area contributed by atoms with Crippen molar-refractivity contribution in [3.63, 3.8) is 0 Å². The molecule has 0 amide bonds. The van der Waals surface area contributed by atoms with Crippen molar-refractivity contribution >= 4 is 28.9 Å². The van der Waals surface area contributed by atoms with Crippen molar-refractivity contribution in [3.05, 3.63) is 51.7 Å². The number of anilines is 2. The van der Waals surface area contributed by atoms with Crippen LogP contribution >= 0.6 is 11.6 Å². The SMILES string of the molecule is O=C(O)CC12C[C@H]3C[C@@H](C1)CC(n1ncc(Nc4ccccc4F)c(Cl)c1=O)(C3)C2. The van der Waals surface area contributed by atoms with Crippen LogP contribution in [0.2, 0.25) is 5.02 Å². The monoisotopic (exact) mass is 431 g/mol. The third-order valence-electron chi connectivity index (χ3n) is 7.19. The molecule has 2 aromatic rings. The molecule has 0 spiro atoms. The minimum absolute atomic E-state index is 0.0312. The van der Waals surface area contributed by atoms with Gasteiger partial charge < -0.3 is 10.4 Å². The Morgan fingerprint density at radius 3 is 2.60 bits per heavy atom. The molecule has 4 aliphatic carbocycles. The molecule has 4 aliphatic rings. The van der Waals surface area contributed by atoms with Gasteiger partial charge in [-0.1, -0.05) is 23.7 Å². The van der Waals surface area contributed by atoms with E-state index in [2.05, 4.69) is 10.4 Å². The highest BCUT2D eigenvalue weighted by Crippen LogP contribution is 2.65. The predicted octanol–water partition coefficient (Wildman–Crippen LogP) is 4.55. The first-order chi connectivity index (χ1) is 14.3. The normalized spacial score (nSPS) is 31.7. The first kappa shape index (κ1) is 19.5. The quantitative estimate of drug-likeness (QED) is 0.725. The van der Waals surface area contributed by atoms with Gasteiger partial charge in [-0.25, -0.2) is 9.07 Å². The minimum Gasteiger partial charge on any atom is -0.481 e. The molecule has 6 nitrogen and oxygen atoms in total. The predicted molar refractivity (Wildman–Crippen MR) is 111 cm³/mol. The van der Waals surface area contributed by atoms with Crippen LogP contribution in [-0.2, 0) is 10.3 Å². The second-order valence-corrected chi connectivity index (χ2v) is 9.83. The number of halogens is 2. The lowest BCUT2D eigenvalue weighted by molar-refractivity contribution is -0.151. The highest BCUT2D eigenvalue weighted by atomic mass is 35.5. The summed E-state index contributed by atoms with van der Waals surface area (Å²) in [5, 5.41) is 16.8. The van der Waals surface area contributed by atoms with Crippen molar-refractivity contribution in [2.75, 3.05) is 5.32 Å². The Labute approximate surface area is 178 Å². The van der Waals surface area contributed by atoms with Gasteiger partial charge in [-0.2, -0.15) is 5.10 Å². The molecule has 4 fully saturated rings. The van der Waals surface area contributed by atoms with Gasteiger partial charge in [0.1, 0.15) is 10.8 Å². The number of hydrogen-bond acceptors (Lipinski definition) is 4. The van der Waals surface area contributed by atoms with Crippen molar-refractivity contribution in [2.45, 2.75) is 50.5 Å². The minimum atomic E-state index is -0.783. The fraction of sp³-hybridized carbons (Fsp3) is 0.500. The molecule has 0 aliphatic heterocycles. The van der Waals surface area contributed by atoms with Gasteiger partial charge in [0, 0.05) is 0 Å². The van der Waals surface area contributed by atoms with Crippen LogP contribution in [0.5, 0.6) is 0 Å². The molecule has 1 heterocycles. The molecule has 2 N–H and O–H groups in total. The molecule has 158 valence electrons. The van der Waals surface area contributed by atoms with Crippen molar-refractivity contribution in [2.24, 2.45) is 17.3 Å². The zero-order valence-corrected chi connectivity index (χ0v) is 17.2. The number of para-hydroxylation sites is 1. The Morgan fingerprint density at radius 2 is 1.93 bits per heavy atom. The van der Waals surface area contributed by atoms with Crippen LogP contribution in [0, 0.1) is 23.1 Å². The standard InChI is InChI=1S/C22H23ClFN3O3/c23-19-17(26-16-4-2-1-3-15(16)24)11-25-27(20(19)30)22-8-13-5-14(9-22)7-21(6-13,12-22)10-18(28)29/h1-4,11,13-14,26H,5-10,12H2,(H,28,29)/t13-,14+,21?,22?. The van der Waals surface area contributed by atoms with Crippen LogP contribution in [0.25, 0.3) is 0 Å². The molecule has 6 rings (SSSR count). The third kappa shape index (κ3) is 3.11. The highest BCUT2D eigenvalue weighted by molar-refractivity contribution is 6.33. The number of benzene rings is 1. The average Bonchev–Trinajstić information content (AvgIpc) is 2.65. The number of nitrogens with one attached hydrogen (secondary N) is 1. The molecule has 4 bridgehead atoms. The molecular weight excluding hydrogens is 409 g/mol. The Balaban J connectivity index is 1.52. The van der Waals surface area contributed by atoms with Gasteiger partial charge in [-0.05, 0) is 67.9 Å². The molecule has 0 radical (unpaired) electrons. The fourth-order valence-corrected chi connectivity index (χ4v) is 6.92. The van der Waals surface area contributed by atoms with E-state index in [1.54, 1.807) is 18.2 Å². The van der Waals surface area contributed by atoms with Gasteiger partial charge in [0.25, 0.3) is 5.56 Å². The molecule has 8 heteroatoms. The topological polar surface area (TPSA) is 84.2 Å². The number of carbonyl (C=O) groups is 1. The third-order valence-corrected chi connectivity index (χ3v) is 7.55. The Morgan fingerprint density at radius 1 is 1.23 bits per heavy atom. The van der Waals surface area contributed by atoms with E-state index in [9.17, 15) is 19.1 Å². The smallest absolute Gasteiger partial charge is 0.303 e. The lowest BCUT2D eigenvalue weighted by atomic mass is 9.46. The number of carboxylic acids is 1. The molecule has 4 atom stereocenters. The fourth-order valence-electron chi connectivity index (χ4n) is 6.74. The maximum absolute atomic E-state index is 14.0. The van der Waals surface area contributed by atoms with Gasteiger partial charge in [-0.3, -0.25) is 9.59 Å². The molecule has 2 unspecified atom stereocenters. The summed E-state index contributed by atoms with van der Waals surface area (Å²) >= 11 is 6.41. The molecule has 4 saturated carbocycles. The maximum Gasteiger partial charge on any atom is 0.303 e. The summed E-state index contributed by atoms with van der Waals surface area (Å²) in [5.74, 6) is -0.409. The summed E-state index contributed by atoms with van der Waals surface area (Å²) in [4.78, 5) is 24.8. The summed E-state index contributed by atoms with van der Waals surface area (Å²) in [6, 6.07) is 6.15. The lowest BCUT2D eigenvalue weighted by Crippen LogP contribution is -2.59. The average molecular weight is 432 g/mol. The summed E-state index contributed by atoms with van der Waals surface area (Å²) in [6.45, 7) is 0. The number of nitrogens with zero attached hydrogens (tertiary/aromatic N) is 2. The van der Waals surface area contributed by atoms with Crippen molar-refractivity contribution in [1.29, 1.82) is 0 Å². The molecule has 30 heavy (non-hydrogen) atoms. The van der Waals surface area contributed by atoms with E-state index in [-0.39, 0.29) is 28.2 Å². The number of hydrogen-bond donors (Lipinski definition) is 2. The number of rotatable bonds is 5. The van der Waals surface area contributed by atoms with Crippen LogP contribution in [0.1, 0.15) is 44.9 Å². The van der Waals surface area contributed by atoms with E-state index < -0.39 is 22.9 Å². The van der Waals surface area contributed by atoms with E-state index in [1.807, 2.05) is 0 Å². The summed E-state index contributed by atoms with van der Waals surface area (Å²) in [7, 11) is 0. The maximum atomic E-state index is 14.0. The Bertz CT molecular complexity index is 1070. The van der Waals surface area contributed by atoms with Crippen molar-refractivity contribution in [3.8, 4) is 0 Å². The first-order valence-electron chi connectivity index (χ1n) is 10.3. The number of aliphatic carboxylic acids is 1. The van der Waals surface area contributed by atoms with E-state index in [4.69, 9.17) is 11.6 Å². The van der Waals surface area contributed by atoms with Crippen LogP contribution in [0.3, 0.4) is 0 Å². The number of aromatic nitrogens is 2. The van der Waals surface area contributed by atoms with E-state index >= 15 is 0 Å². The van der Waals surface area contributed by atoms with Crippen LogP contribution < -0.4 is 10.9 Å². The van der Waals surface area contributed by atoms with Gasteiger partial charge >= 0.3 is 5.97 Å². The zero-order chi connectivity index (χ0) is 21.1. The first-order valence-corrected chi connectivity index (χ1v) is 10.7. The second-order valence-electron chi connectivity index (χ2n) is 9.45. The van der Waals surface area contributed by atoms with E-state index in [0.29, 0.717) is 18.3 Å². The molecule has 0 saturated heterocycles. The van der Waals surface area contributed by atoms with Gasteiger partial charge in [0.05, 0.1) is 29.5 Å². The molecule has 1 aromatic carbocycles. The van der Waals surface area contributed by atoms with Gasteiger partial charge in [0.15, 0.2) is 0 Å². The Kier molecular flexibility index (Phi) is 4.43. The van der Waals surface area contributed by atoms with Gasteiger partial charge in [0.2, 0.25) is 0 Å². The Hall–Kier alpha value is -2.41. The van der Waals surface area contributed by atoms with E-state index in [1.165, 1.54) is 16.9 Å². The summed E-state index contributed by atoms with van der Waals surface area (Å²) in [5.41, 5.74) is -0.698. The van der Waals surface area contributed by atoms with Crippen molar-refractivity contribution < 1.29 is 14.3 Å². The van der Waals surface area contributed by atoms with Crippen LogP contribution in [0.15, 0.2) is 35.3 Å². The number of carboxylic acid groups (broad SMARTS) is 1. The largest absolute Gasteiger partial charge is 0.481 e. The van der Waals surface area contributed by atoms with Crippen LogP contribution in [-0.4, -0.2) is 20.9 Å².